The van der Waals surface area contributed by atoms with Crippen molar-refractivity contribution in [2.24, 2.45) is 11.7 Å². The minimum absolute atomic E-state index is 0.101. The van der Waals surface area contributed by atoms with Crippen molar-refractivity contribution < 1.29 is 17.9 Å². The van der Waals surface area contributed by atoms with Crippen LogP contribution in [0.2, 0.25) is 0 Å². The van der Waals surface area contributed by atoms with E-state index in [9.17, 15) is 13.2 Å². The van der Waals surface area contributed by atoms with E-state index in [1.54, 1.807) is 0 Å². The summed E-state index contributed by atoms with van der Waals surface area (Å²) in [5.41, 5.74) is 5.36. The molecule has 0 bridgehead atoms. The Kier molecular flexibility index (Phi) is 5.34. The van der Waals surface area contributed by atoms with Crippen LogP contribution in [0.4, 0.5) is 13.2 Å². The molecule has 3 nitrogen and oxygen atoms in total. The lowest BCUT2D eigenvalue weighted by Gasteiger charge is -2.23. The maximum atomic E-state index is 12.9. The van der Waals surface area contributed by atoms with Crippen LogP contribution in [0.3, 0.4) is 0 Å². The number of ether oxygens (including phenoxy) is 1. The van der Waals surface area contributed by atoms with Crippen molar-refractivity contribution in [2.45, 2.75) is 38.5 Å². The molecule has 6 heteroatoms. The third-order valence-electron chi connectivity index (χ3n) is 4.22. The normalized spacial score (nSPS) is 21.3. The van der Waals surface area contributed by atoms with E-state index in [1.165, 1.54) is 18.2 Å². The number of para-hydroxylation sites is 1. The lowest BCUT2D eigenvalue weighted by atomic mass is 10.0. The summed E-state index contributed by atoms with van der Waals surface area (Å²) in [5, 5.41) is 0. The van der Waals surface area contributed by atoms with Crippen molar-refractivity contribution >= 4 is 0 Å². The highest BCUT2D eigenvalue weighted by Gasteiger charge is 2.34. The molecule has 1 aromatic carbocycles. The molecule has 2 rings (SSSR count). The molecule has 0 amide bonds. The molecule has 0 radical (unpaired) electrons. The van der Waals surface area contributed by atoms with E-state index < -0.39 is 11.7 Å². The van der Waals surface area contributed by atoms with Gasteiger partial charge in [0.15, 0.2) is 0 Å². The van der Waals surface area contributed by atoms with Crippen LogP contribution in [-0.4, -0.2) is 36.7 Å². The van der Waals surface area contributed by atoms with E-state index in [2.05, 4.69) is 18.7 Å². The largest absolute Gasteiger partial charge is 0.491 e. The fourth-order valence-electron chi connectivity index (χ4n) is 2.78. The van der Waals surface area contributed by atoms with Crippen LogP contribution in [0.25, 0.3) is 0 Å². The van der Waals surface area contributed by atoms with Crippen LogP contribution >= 0.6 is 0 Å². The molecule has 124 valence electrons. The fourth-order valence-corrected chi connectivity index (χ4v) is 2.78. The van der Waals surface area contributed by atoms with Crippen molar-refractivity contribution in [2.75, 3.05) is 19.7 Å². The van der Waals surface area contributed by atoms with E-state index >= 15 is 0 Å². The predicted molar refractivity (Wildman–Crippen MR) is 79.7 cm³/mol. The van der Waals surface area contributed by atoms with Crippen LogP contribution < -0.4 is 10.5 Å². The molecule has 2 N–H and O–H groups in total. The number of nitrogens with zero attached hydrogens (tertiary/aromatic N) is 1. The van der Waals surface area contributed by atoms with Gasteiger partial charge in [-0.2, -0.15) is 13.2 Å². The molecule has 1 aliphatic heterocycles. The van der Waals surface area contributed by atoms with Crippen LogP contribution in [-0.2, 0) is 6.18 Å². The van der Waals surface area contributed by atoms with Gasteiger partial charge in [-0.3, -0.25) is 0 Å². The van der Waals surface area contributed by atoms with E-state index in [0.29, 0.717) is 6.04 Å². The molecular formula is C16H23F3N2O. The smallest absolute Gasteiger partial charge is 0.419 e. The van der Waals surface area contributed by atoms with Crippen molar-refractivity contribution in [3.8, 4) is 5.75 Å². The summed E-state index contributed by atoms with van der Waals surface area (Å²) in [7, 11) is 0. The second-order valence-corrected chi connectivity index (χ2v) is 6.11. The Hall–Kier alpha value is -1.27. The van der Waals surface area contributed by atoms with E-state index in [-0.39, 0.29) is 24.3 Å². The average Bonchev–Trinajstić information content (AvgIpc) is 2.94. The molecule has 0 spiro atoms. The highest BCUT2D eigenvalue weighted by Crippen LogP contribution is 2.36. The van der Waals surface area contributed by atoms with Gasteiger partial charge in [-0.15, -0.1) is 0 Å². The number of rotatable bonds is 5. The van der Waals surface area contributed by atoms with Gasteiger partial charge in [0, 0.05) is 18.6 Å². The Morgan fingerprint density at radius 3 is 2.59 bits per heavy atom. The van der Waals surface area contributed by atoms with Crippen molar-refractivity contribution in [1.82, 2.24) is 4.90 Å². The topological polar surface area (TPSA) is 38.5 Å². The monoisotopic (exact) mass is 316 g/mol. The summed E-state index contributed by atoms with van der Waals surface area (Å²) in [6.45, 7) is 6.22. The second-order valence-electron chi connectivity index (χ2n) is 6.11. The summed E-state index contributed by atoms with van der Waals surface area (Å²) in [6, 6.07) is 5.45. The number of alkyl halides is 3. The average molecular weight is 316 g/mol. The third-order valence-corrected chi connectivity index (χ3v) is 4.22. The number of halogens is 3. The molecule has 1 fully saturated rings. The van der Waals surface area contributed by atoms with E-state index in [4.69, 9.17) is 10.5 Å². The van der Waals surface area contributed by atoms with Gasteiger partial charge in [0.1, 0.15) is 12.4 Å². The minimum atomic E-state index is -4.41. The Balaban J connectivity index is 1.94. The minimum Gasteiger partial charge on any atom is -0.491 e. The predicted octanol–water partition coefficient (Wildman–Crippen LogP) is 3.14. The number of likely N-dealkylation sites (tertiary alicyclic amines) is 1. The number of benzene rings is 1. The third kappa shape index (κ3) is 4.14. The first-order chi connectivity index (χ1) is 10.3. The van der Waals surface area contributed by atoms with Crippen molar-refractivity contribution in [1.29, 1.82) is 0 Å². The maximum Gasteiger partial charge on any atom is 0.419 e. The fraction of sp³-hybridized carbons (Fsp3) is 0.625. The zero-order valence-electron chi connectivity index (χ0n) is 12.9. The first kappa shape index (κ1) is 17.1. The number of hydrogen-bond acceptors (Lipinski definition) is 3. The Bertz CT molecular complexity index is 491. The number of nitrogens with two attached hydrogens (primary N) is 1. The van der Waals surface area contributed by atoms with Gasteiger partial charge in [0.2, 0.25) is 0 Å². The molecule has 1 aliphatic rings. The Morgan fingerprint density at radius 2 is 2.00 bits per heavy atom. The molecular weight excluding hydrogens is 293 g/mol. The van der Waals surface area contributed by atoms with Gasteiger partial charge in [-0.25, -0.2) is 0 Å². The van der Waals surface area contributed by atoms with Gasteiger partial charge in [-0.05, 0) is 44.9 Å². The van der Waals surface area contributed by atoms with Gasteiger partial charge >= 0.3 is 6.18 Å². The van der Waals surface area contributed by atoms with Gasteiger partial charge in [0.25, 0.3) is 0 Å². The standard InChI is InChI=1S/C16H23F3N2O/c1-11(2)21-8-7-12(9-21)14(20)10-22-15-6-4-3-5-13(15)16(17,18)19/h3-6,11-12,14H,7-10,20H2,1-2H3. The highest BCUT2D eigenvalue weighted by molar-refractivity contribution is 5.35. The summed E-state index contributed by atoms with van der Waals surface area (Å²) >= 11 is 0. The summed E-state index contributed by atoms with van der Waals surface area (Å²) in [5.74, 6) is 0.115. The molecule has 1 aromatic rings. The summed E-state index contributed by atoms with van der Waals surface area (Å²) < 4.78 is 44.1. The van der Waals surface area contributed by atoms with Crippen molar-refractivity contribution in [3.05, 3.63) is 29.8 Å². The van der Waals surface area contributed by atoms with Gasteiger partial charge < -0.3 is 15.4 Å². The molecule has 1 heterocycles. The summed E-state index contributed by atoms with van der Waals surface area (Å²) in [4.78, 5) is 2.33. The Labute approximate surface area is 129 Å². The molecule has 1 saturated heterocycles. The van der Waals surface area contributed by atoms with E-state index in [0.717, 1.165) is 25.6 Å². The van der Waals surface area contributed by atoms with Crippen molar-refractivity contribution in [3.63, 3.8) is 0 Å². The molecule has 0 aliphatic carbocycles. The molecule has 2 unspecified atom stereocenters. The zero-order valence-corrected chi connectivity index (χ0v) is 12.9. The SMILES string of the molecule is CC(C)N1CCC(C(N)COc2ccccc2C(F)(F)F)C1. The van der Waals surface area contributed by atoms with E-state index in [1.807, 2.05) is 0 Å². The molecule has 22 heavy (non-hydrogen) atoms. The highest BCUT2D eigenvalue weighted by atomic mass is 19.4. The van der Waals surface area contributed by atoms with Crippen LogP contribution in [0.1, 0.15) is 25.8 Å². The van der Waals surface area contributed by atoms with Gasteiger partial charge in [0.05, 0.1) is 5.56 Å². The second kappa shape index (κ2) is 6.87. The Morgan fingerprint density at radius 1 is 1.32 bits per heavy atom. The lowest BCUT2D eigenvalue weighted by molar-refractivity contribution is -0.139. The molecule has 0 aromatic heterocycles. The number of hydrogen-bond donors (Lipinski definition) is 1. The van der Waals surface area contributed by atoms with Crippen LogP contribution in [0, 0.1) is 5.92 Å². The zero-order chi connectivity index (χ0) is 16.3. The van der Waals surface area contributed by atoms with Gasteiger partial charge in [-0.1, -0.05) is 12.1 Å². The summed E-state index contributed by atoms with van der Waals surface area (Å²) in [6.07, 6.45) is -3.45. The van der Waals surface area contributed by atoms with Crippen LogP contribution in [0.15, 0.2) is 24.3 Å². The maximum absolute atomic E-state index is 12.9. The molecule has 2 atom stereocenters. The molecule has 0 saturated carbocycles. The van der Waals surface area contributed by atoms with Crippen LogP contribution in [0.5, 0.6) is 5.75 Å². The first-order valence-electron chi connectivity index (χ1n) is 7.57. The lowest BCUT2D eigenvalue weighted by Crippen LogP contribution is -2.38. The first-order valence-corrected chi connectivity index (χ1v) is 7.57. The quantitative estimate of drug-likeness (QED) is 0.907.